The minimum Gasteiger partial charge on any atom is -0.0938 e. The molecule has 0 unspecified atom stereocenters. The highest BCUT2D eigenvalue weighted by Gasteiger charge is 2.00. The number of hydrogen-bond donors (Lipinski definition) is 0. The molecule has 0 amide bonds. The third-order valence-electron chi connectivity index (χ3n) is 2.91. The van der Waals surface area contributed by atoms with Crippen molar-refractivity contribution in [1.82, 2.24) is 0 Å². The summed E-state index contributed by atoms with van der Waals surface area (Å²) >= 11 is 7.19. The van der Waals surface area contributed by atoms with Gasteiger partial charge in [0.15, 0.2) is 0 Å². The van der Waals surface area contributed by atoms with E-state index in [1.54, 1.807) is 0 Å². The molecule has 0 fully saturated rings. The van der Waals surface area contributed by atoms with Gasteiger partial charge in [-0.2, -0.15) is 0 Å². The molecule has 0 aliphatic carbocycles. The molecule has 0 atom stereocenters. The van der Waals surface area contributed by atoms with E-state index in [0.717, 1.165) is 24.3 Å². The van der Waals surface area contributed by atoms with E-state index in [9.17, 15) is 0 Å². The van der Waals surface area contributed by atoms with Crippen molar-refractivity contribution in [3.8, 4) is 0 Å². The summed E-state index contributed by atoms with van der Waals surface area (Å²) < 4.78 is 2.44. The normalized spacial score (nSPS) is 10.7. The fourth-order valence-corrected chi connectivity index (χ4v) is 4.84. The molecule has 0 spiro atoms. The summed E-state index contributed by atoms with van der Waals surface area (Å²) in [5, 5.41) is 0. The van der Waals surface area contributed by atoms with Gasteiger partial charge in [-0.15, -0.1) is 0 Å². The van der Waals surface area contributed by atoms with Crippen LogP contribution < -0.4 is 0 Å². The van der Waals surface area contributed by atoms with Crippen molar-refractivity contribution in [2.75, 3.05) is 11.5 Å². The van der Waals surface area contributed by atoms with E-state index in [1.807, 2.05) is 21.6 Å². The summed E-state index contributed by atoms with van der Waals surface area (Å²) in [7, 11) is 3.92. The number of hydrogen-bond acceptors (Lipinski definition) is 2. The number of aryl methyl sites for hydroxylation is 2. The first kappa shape index (κ1) is 16.5. The molecule has 2 rings (SSSR count). The lowest BCUT2D eigenvalue weighted by atomic mass is 10.2. The first-order valence-corrected chi connectivity index (χ1v) is 10.6. The summed E-state index contributed by atoms with van der Waals surface area (Å²) in [6.07, 6.45) is 2.24. The minimum atomic E-state index is 1.12. The second-order valence-electron chi connectivity index (χ2n) is 4.33. The predicted octanol–water partition coefficient (Wildman–Crippen LogP) is 6.38. The molecule has 0 radical (unpaired) electrons. The standard InChI is InChI=1S/C16H16Br2S2/c17-15-7-3-1-5-13(15)9-11-19-20-12-10-14-6-2-4-8-16(14)18/h1-8H,9-12H2. The molecule has 0 aliphatic rings. The molecule has 0 N–H and O–H groups in total. The maximum atomic E-state index is 3.60. The Bertz CT molecular complexity index is 494. The average Bonchev–Trinajstić information content (AvgIpc) is 2.46. The van der Waals surface area contributed by atoms with Crippen molar-refractivity contribution in [1.29, 1.82) is 0 Å². The zero-order valence-electron chi connectivity index (χ0n) is 11.0. The first-order valence-electron chi connectivity index (χ1n) is 6.48. The fraction of sp³-hybridized carbons (Fsp3) is 0.250. The number of benzene rings is 2. The van der Waals surface area contributed by atoms with Crippen molar-refractivity contribution in [2.45, 2.75) is 12.8 Å². The van der Waals surface area contributed by atoms with Crippen LogP contribution in [-0.4, -0.2) is 11.5 Å². The van der Waals surface area contributed by atoms with E-state index in [-0.39, 0.29) is 0 Å². The number of rotatable bonds is 7. The number of halogens is 2. The van der Waals surface area contributed by atoms with Gasteiger partial charge >= 0.3 is 0 Å². The maximum absolute atomic E-state index is 3.60. The largest absolute Gasteiger partial charge is 0.0938 e. The molecule has 0 saturated heterocycles. The van der Waals surface area contributed by atoms with Gasteiger partial charge in [0, 0.05) is 20.5 Å². The molecule has 0 bridgehead atoms. The quantitative estimate of drug-likeness (QED) is 0.368. The van der Waals surface area contributed by atoms with Gasteiger partial charge in [0.2, 0.25) is 0 Å². The van der Waals surface area contributed by atoms with Crippen LogP contribution >= 0.6 is 53.4 Å². The van der Waals surface area contributed by atoms with Crippen LogP contribution in [0.2, 0.25) is 0 Å². The molecule has 2 aromatic carbocycles. The van der Waals surface area contributed by atoms with Crippen LogP contribution in [0.5, 0.6) is 0 Å². The maximum Gasteiger partial charge on any atom is 0.0207 e. The smallest absolute Gasteiger partial charge is 0.0207 e. The highest BCUT2D eigenvalue weighted by molar-refractivity contribution is 9.10. The van der Waals surface area contributed by atoms with Gasteiger partial charge in [0.05, 0.1) is 0 Å². The molecule has 106 valence electrons. The van der Waals surface area contributed by atoms with Crippen LogP contribution in [0.15, 0.2) is 57.5 Å². The Morgan fingerprint density at radius 3 is 1.45 bits per heavy atom. The van der Waals surface area contributed by atoms with Crippen LogP contribution in [0.25, 0.3) is 0 Å². The molecule has 0 aliphatic heterocycles. The van der Waals surface area contributed by atoms with E-state index in [1.165, 1.54) is 20.1 Å². The Hall–Kier alpha value is 0.1000. The molecular weight excluding hydrogens is 416 g/mol. The zero-order chi connectivity index (χ0) is 14.2. The lowest BCUT2D eigenvalue weighted by Gasteiger charge is -2.05. The summed E-state index contributed by atoms with van der Waals surface area (Å²) in [6.45, 7) is 0. The monoisotopic (exact) mass is 430 g/mol. The van der Waals surface area contributed by atoms with E-state index in [4.69, 9.17) is 0 Å². The molecule has 4 heteroatoms. The van der Waals surface area contributed by atoms with Gasteiger partial charge in [-0.05, 0) is 36.1 Å². The first-order chi connectivity index (χ1) is 9.77. The molecular formula is C16H16Br2S2. The average molecular weight is 432 g/mol. The van der Waals surface area contributed by atoms with Gasteiger partial charge in [-0.25, -0.2) is 0 Å². The molecule has 2 aromatic rings. The van der Waals surface area contributed by atoms with Crippen LogP contribution in [0.3, 0.4) is 0 Å². The Morgan fingerprint density at radius 2 is 1.05 bits per heavy atom. The Kier molecular flexibility index (Phi) is 7.56. The van der Waals surface area contributed by atoms with Crippen molar-refractivity contribution in [2.24, 2.45) is 0 Å². The third-order valence-corrected chi connectivity index (χ3v) is 6.86. The molecule has 0 heterocycles. The van der Waals surface area contributed by atoms with E-state index in [0.29, 0.717) is 0 Å². The summed E-state index contributed by atoms with van der Waals surface area (Å²) in [4.78, 5) is 0. The fourth-order valence-electron chi connectivity index (χ4n) is 1.82. The van der Waals surface area contributed by atoms with Crippen LogP contribution in [0.1, 0.15) is 11.1 Å². The molecule has 0 aromatic heterocycles. The highest BCUT2D eigenvalue weighted by Crippen LogP contribution is 2.26. The summed E-state index contributed by atoms with van der Waals surface area (Å²) in [5.74, 6) is 2.31. The van der Waals surface area contributed by atoms with Gasteiger partial charge in [0.1, 0.15) is 0 Å². The second kappa shape index (κ2) is 9.19. The Balaban J connectivity index is 1.63. The molecule has 0 saturated carbocycles. The lowest BCUT2D eigenvalue weighted by molar-refractivity contribution is 1.14. The zero-order valence-corrected chi connectivity index (χ0v) is 15.8. The van der Waals surface area contributed by atoms with Crippen molar-refractivity contribution in [3.63, 3.8) is 0 Å². The predicted molar refractivity (Wildman–Crippen MR) is 101 cm³/mol. The topological polar surface area (TPSA) is 0 Å². The molecule has 20 heavy (non-hydrogen) atoms. The van der Waals surface area contributed by atoms with E-state index >= 15 is 0 Å². The van der Waals surface area contributed by atoms with Crippen molar-refractivity contribution >= 4 is 53.4 Å². The second-order valence-corrected chi connectivity index (χ2v) is 8.74. The molecule has 0 nitrogen and oxygen atoms in total. The van der Waals surface area contributed by atoms with Gasteiger partial charge < -0.3 is 0 Å². The van der Waals surface area contributed by atoms with Crippen molar-refractivity contribution < 1.29 is 0 Å². The highest BCUT2D eigenvalue weighted by atomic mass is 79.9. The SMILES string of the molecule is Brc1ccccc1CCSSCCc1ccccc1Br. The Labute approximate surface area is 145 Å². The third kappa shape index (κ3) is 5.47. The van der Waals surface area contributed by atoms with Gasteiger partial charge in [-0.3, -0.25) is 0 Å². The summed E-state index contributed by atoms with van der Waals surface area (Å²) in [5.41, 5.74) is 2.79. The van der Waals surface area contributed by atoms with Gasteiger partial charge in [-0.1, -0.05) is 89.8 Å². The lowest BCUT2D eigenvalue weighted by Crippen LogP contribution is -1.90. The van der Waals surface area contributed by atoms with Crippen LogP contribution in [-0.2, 0) is 12.8 Å². The Morgan fingerprint density at radius 1 is 0.650 bits per heavy atom. The van der Waals surface area contributed by atoms with Crippen molar-refractivity contribution in [3.05, 3.63) is 68.6 Å². The summed E-state index contributed by atoms with van der Waals surface area (Å²) in [6, 6.07) is 16.9. The van der Waals surface area contributed by atoms with Gasteiger partial charge in [0.25, 0.3) is 0 Å². The van der Waals surface area contributed by atoms with Crippen LogP contribution in [0.4, 0.5) is 0 Å². The van der Waals surface area contributed by atoms with E-state index in [2.05, 4.69) is 80.4 Å². The minimum absolute atomic E-state index is 1.12. The van der Waals surface area contributed by atoms with E-state index < -0.39 is 0 Å². The van der Waals surface area contributed by atoms with Crippen LogP contribution in [0, 0.1) is 0 Å².